The van der Waals surface area contributed by atoms with Crippen LogP contribution in [0.1, 0.15) is 53.0 Å². The van der Waals surface area contributed by atoms with E-state index in [0.717, 1.165) is 12.3 Å². The van der Waals surface area contributed by atoms with Gasteiger partial charge in [-0.25, -0.2) is 9.78 Å². The predicted octanol–water partition coefficient (Wildman–Crippen LogP) is 4.02. The summed E-state index contributed by atoms with van der Waals surface area (Å²) in [6.45, 7) is 9.73. The van der Waals surface area contributed by atoms with E-state index < -0.39 is 29.5 Å². The van der Waals surface area contributed by atoms with Crippen LogP contribution in [-0.4, -0.2) is 52.7 Å². The number of carbonyl (C=O) groups excluding carboxylic acids is 2. The maximum absolute atomic E-state index is 12.9. The number of nitrogens with one attached hydrogen (secondary N) is 1. The molecule has 174 valence electrons. The molecule has 1 atom stereocenters. The fraction of sp³-hybridized carbons (Fsp3) is 0.667. The minimum Gasteiger partial charge on any atom is -0.474 e. The molecule has 0 aliphatic carbocycles. The Morgan fingerprint density at radius 2 is 1.77 bits per heavy atom. The summed E-state index contributed by atoms with van der Waals surface area (Å²) in [5, 5.41) is 2.65. The maximum Gasteiger partial charge on any atom is 0.417 e. The van der Waals surface area contributed by atoms with Crippen LogP contribution in [0.3, 0.4) is 0 Å². The van der Waals surface area contributed by atoms with Gasteiger partial charge in [-0.3, -0.25) is 4.79 Å². The molecule has 0 saturated carbocycles. The molecule has 1 fully saturated rings. The number of pyridine rings is 1. The van der Waals surface area contributed by atoms with E-state index in [1.54, 1.807) is 25.7 Å². The Bertz CT molecular complexity index is 753. The molecule has 1 aliphatic rings. The van der Waals surface area contributed by atoms with Gasteiger partial charge < -0.3 is 19.7 Å². The van der Waals surface area contributed by atoms with E-state index in [1.807, 2.05) is 13.8 Å². The molecule has 2 rings (SSSR count). The molecule has 1 aliphatic heterocycles. The average molecular weight is 445 g/mol. The first-order chi connectivity index (χ1) is 14.3. The van der Waals surface area contributed by atoms with Crippen molar-refractivity contribution in [1.82, 2.24) is 15.2 Å². The number of carbonyl (C=O) groups is 2. The van der Waals surface area contributed by atoms with Gasteiger partial charge in [-0.1, -0.05) is 13.8 Å². The zero-order valence-electron chi connectivity index (χ0n) is 18.5. The lowest BCUT2D eigenvalue weighted by molar-refractivity contribution is -0.138. The number of rotatable bonds is 5. The Morgan fingerprint density at radius 3 is 2.23 bits per heavy atom. The van der Waals surface area contributed by atoms with Crippen LogP contribution in [0.5, 0.6) is 5.88 Å². The monoisotopic (exact) mass is 445 g/mol. The van der Waals surface area contributed by atoms with Crippen molar-refractivity contribution >= 4 is 12.0 Å². The average Bonchev–Trinajstić information content (AvgIpc) is 2.64. The van der Waals surface area contributed by atoms with E-state index in [9.17, 15) is 22.8 Å². The molecular weight excluding hydrogens is 415 g/mol. The Kier molecular flexibility index (Phi) is 7.77. The summed E-state index contributed by atoms with van der Waals surface area (Å²) in [7, 11) is 0. The summed E-state index contributed by atoms with van der Waals surface area (Å²) >= 11 is 0. The molecule has 2 heterocycles. The summed E-state index contributed by atoms with van der Waals surface area (Å²) in [5.74, 6) is -0.221. The lowest BCUT2D eigenvalue weighted by Gasteiger charge is -2.35. The van der Waals surface area contributed by atoms with Crippen molar-refractivity contribution < 1.29 is 32.2 Å². The Hall–Kier alpha value is -2.52. The van der Waals surface area contributed by atoms with Gasteiger partial charge in [0.1, 0.15) is 17.7 Å². The molecule has 0 spiro atoms. The van der Waals surface area contributed by atoms with Gasteiger partial charge in [-0.05, 0) is 32.8 Å². The van der Waals surface area contributed by atoms with Gasteiger partial charge in [-0.15, -0.1) is 0 Å². The van der Waals surface area contributed by atoms with E-state index >= 15 is 0 Å². The van der Waals surface area contributed by atoms with E-state index in [2.05, 4.69) is 10.3 Å². The van der Waals surface area contributed by atoms with E-state index in [-0.39, 0.29) is 23.8 Å². The van der Waals surface area contributed by atoms with Crippen molar-refractivity contribution in [3.8, 4) is 5.88 Å². The van der Waals surface area contributed by atoms with Crippen LogP contribution >= 0.6 is 0 Å². The fourth-order valence-corrected chi connectivity index (χ4v) is 3.13. The van der Waals surface area contributed by atoms with Gasteiger partial charge in [-0.2, -0.15) is 13.2 Å². The third-order valence-electron chi connectivity index (χ3n) is 4.71. The minimum atomic E-state index is -4.45. The largest absolute Gasteiger partial charge is 0.474 e. The number of hydrogen-bond donors (Lipinski definition) is 1. The van der Waals surface area contributed by atoms with E-state index in [1.165, 1.54) is 6.07 Å². The molecule has 7 nitrogen and oxygen atoms in total. The van der Waals surface area contributed by atoms with Crippen molar-refractivity contribution in [2.45, 2.75) is 71.4 Å². The fourth-order valence-electron chi connectivity index (χ4n) is 3.13. The molecule has 1 saturated heterocycles. The van der Waals surface area contributed by atoms with E-state index in [0.29, 0.717) is 25.9 Å². The van der Waals surface area contributed by atoms with Crippen molar-refractivity contribution in [2.24, 2.45) is 5.92 Å². The van der Waals surface area contributed by atoms with Crippen LogP contribution in [0.25, 0.3) is 0 Å². The van der Waals surface area contributed by atoms with Gasteiger partial charge in [0, 0.05) is 38.2 Å². The second kappa shape index (κ2) is 9.74. The van der Waals surface area contributed by atoms with Crippen LogP contribution < -0.4 is 10.1 Å². The number of aromatic nitrogens is 1. The lowest BCUT2D eigenvalue weighted by atomic mass is 10.0. The van der Waals surface area contributed by atoms with Crippen molar-refractivity contribution in [2.75, 3.05) is 13.1 Å². The van der Waals surface area contributed by atoms with Crippen LogP contribution in [0.15, 0.2) is 18.3 Å². The van der Waals surface area contributed by atoms with Gasteiger partial charge in [0.05, 0.1) is 5.56 Å². The number of alkyl carbamates (subject to hydrolysis) is 1. The zero-order valence-corrected chi connectivity index (χ0v) is 18.5. The third kappa shape index (κ3) is 7.59. The van der Waals surface area contributed by atoms with Crippen LogP contribution in [0.2, 0.25) is 0 Å². The second-order valence-electron chi connectivity index (χ2n) is 8.89. The van der Waals surface area contributed by atoms with Crippen LogP contribution in [0.4, 0.5) is 18.0 Å². The number of ether oxygens (including phenoxy) is 2. The first-order valence-electron chi connectivity index (χ1n) is 10.2. The minimum absolute atomic E-state index is 0.115. The lowest BCUT2D eigenvalue weighted by Crippen LogP contribution is -2.54. The molecule has 1 aromatic rings. The number of halogens is 3. The Balaban J connectivity index is 1.90. The second-order valence-corrected chi connectivity index (χ2v) is 8.89. The predicted molar refractivity (Wildman–Crippen MR) is 107 cm³/mol. The SMILES string of the molecule is CC(C)[C@H](NC(=O)OC(C)(C)C)C(=O)N1CCC(Oc2ccc(C(F)(F)F)cn2)CC1. The Labute approximate surface area is 180 Å². The highest BCUT2D eigenvalue weighted by Crippen LogP contribution is 2.29. The molecular formula is C21H30F3N3O4. The number of nitrogens with zero attached hydrogens (tertiary/aromatic N) is 2. The maximum atomic E-state index is 12.9. The highest BCUT2D eigenvalue weighted by Gasteiger charge is 2.33. The number of alkyl halides is 3. The zero-order chi connectivity index (χ0) is 23.4. The van der Waals surface area contributed by atoms with E-state index in [4.69, 9.17) is 9.47 Å². The van der Waals surface area contributed by atoms with Gasteiger partial charge in [0.2, 0.25) is 11.8 Å². The number of hydrogen-bond acceptors (Lipinski definition) is 5. The summed E-state index contributed by atoms with van der Waals surface area (Å²) < 4.78 is 48.8. The van der Waals surface area contributed by atoms with Crippen molar-refractivity contribution in [3.05, 3.63) is 23.9 Å². The summed E-state index contributed by atoms with van der Waals surface area (Å²) in [4.78, 5) is 30.4. The molecule has 10 heteroatoms. The molecule has 1 N–H and O–H groups in total. The summed E-state index contributed by atoms with van der Waals surface area (Å²) in [6.07, 6.45) is -3.60. The normalized spacial score (nSPS) is 16.7. The summed E-state index contributed by atoms with van der Waals surface area (Å²) in [5.41, 5.74) is -1.51. The van der Waals surface area contributed by atoms with Crippen molar-refractivity contribution in [1.29, 1.82) is 0 Å². The third-order valence-corrected chi connectivity index (χ3v) is 4.71. The molecule has 1 aromatic heterocycles. The molecule has 31 heavy (non-hydrogen) atoms. The van der Waals surface area contributed by atoms with Gasteiger partial charge >= 0.3 is 12.3 Å². The Morgan fingerprint density at radius 1 is 1.16 bits per heavy atom. The highest BCUT2D eigenvalue weighted by atomic mass is 19.4. The molecule has 0 radical (unpaired) electrons. The number of piperidine rings is 1. The quantitative estimate of drug-likeness (QED) is 0.741. The summed E-state index contributed by atoms with van der Waals surface area (Å²) in [6, 6.07) is 1.40. The molecule has 0 bridgehead atoms. The molecule has 2 amide bonds. The molecule has 0 unspecified atom stereocenters. The van der Waals surface area contributed by atoms with Gasteiger partial charge in [0.25, 0.3) is 0 Å². The molecule has 0 aromatic carbocycles. The highest BCUT2D eigenvalue weighted by molar-refractivity contribution is 5.86. The van der Waals surface area contributed by atoms with Gasteiger partial charge in [0.15, 0.2) is 0 Å². The smallest absolute Gasteiger partial charge is 0.417 e. The standard InChI is InChI=1S/C21H30F3N3O4/c1-13(2)17(26-19(29)31-20(3,4)5)18(28)27-10-8-15(9-11-27)30-16-7-6-14(12-25-16)21(22,23)24/h6-7,12-13,15,17H,8-11H2,1-5H3,(H,26,29)/t17-/m0/s1. The van der Waals surface area contributed by atoms with Crippen molar-refractivity contribution in [3.63, 3.8) is 0 Å². The first-order valence-corrected chi connectivity index (χ1v) is 10.2. The van der Waals surface area contributed by atoms with Crippen LogP contribution in [0, 0.1) is 5.92 Å². The number of likely N-dealkylation sites (tertiary alicyclic amines) is 1. The van der Waals surface area contributed by atoms with Crippen LogP contribution in [-0.2, 0) is 15.7 Å². The first kappa shape index (κ1) is 24.7. The number of amides is 2. The topological polar surface area (TPSA) is 80.8 Å².